The summed E-state index contributed by atoms with van der Waals surface area (Å²) in [7, 11) is 0. The SMILES string of the molecule is CCOC(=O)C#CCOC[C@H]1O[C@@H]1c1ccccc1. The quantitative estimate of drug-likeness (QED) is 0.266. The molecule has 0 aromatic heterocycles. The van der Waals surface area contributed by atoms with Crippen molar-refractivity contribution in [2.45, 2.75) is 19.1 Å². The first kappa shape index (κ1) is 13.6. The Morgan fingerprint density at radius 2 is 2.16 bits per heavy atom. The van der Waals surface area contributed by atoms with E-state index in [0.29, 0.717) is 13.2 Å². The topological polar surface area (TPSA) is 48.1 Å². The van der Waals surface area contributed by atoms with E-state index in [1.807, 2.05) is 30.3 Å². The summed E-state index contributed by atoms with van der Waals surface area (Å²) in [5.74, 6) is 4.43. The molecule has 1 saturated heterocycles. The first-order valence-electron chi connectivity index (χ1n) is 6.25. The number of epoxide rings is 1. The summed E-state index contributed by atoms with van der Waals surface area (Å²) < 4.78 is 15.5. The van der Waals surface area contributed by atoms with Gasteiger partial charge in [0.1, 0.15) is 18.8 Å². The van der Waals surface area contributed by atoms with Gasteiger partial charge in [-0.25, -0.2) is 4.79 Å². The molecule has 1 aromatic rings. The Bertz CT molecular complexity index is 472. The van der Waals surface area contributed by atoms with Crippen LogP contribution in [-0.2, 0) is 19.0 Å². The maximum absolute atomic E-state index is 10.9. The van der Waals surface area contributed by atoms with Crippen LogP contribution in [0, 0.1) is 11.8 Å². The normalized spacial score (nSPS) is 20.3. The molecule has 1 heterocycles. The van der Waals surface area contributed by atoms with Crippen molar-refractivity contribution >= 4 is 5.97 Å². The van der Waals surface area contributed by atoms with E-state index in [1.165, 1.54) is 0 Å². The Morgan fingerprint density at radius 1 is 1.37 bits per heavy atom. The van der Waals surface area contributed by atoms with E-state index < -0.39 is 5.97 Å². The zero-order valence-electron chi connectivity index (χ0n) is 10.8. The van der Waals surface area contributed by atoms with E-state index in [4.69, 9.17) is 9.47 Å². The highest BCUT2D eigenvalue weighted by Gasteiger charge is 2.39. The molecular weight excluding hydrogens is 244 g/mol. The summed E-state index contributed by atoms with van der Waals surface area (Å²) in [6.07, 6.45) is 0.214. The van der Waals surface area contributed by atoms with Gasteiger partial charge in [-0.1, -0.05) is 36.3 Å². The third kappa shape index (κ3) is 4.40. The van der Waals surface area contributed by atoms with Crippen molar-refractivity contribution < 1.29 is 19.0 Å². The molecule has 0 aliphatic carbocycles. The molecule has 1 fully saturated rings. The lowest BCUT2D eigenvalue weighted by atomic mass is 10.1. The molecule has 0 amide bonds. The van der Waals surface area contributed by atoms with Crippen molar-refractivity contribution in [2.75, 3.05) is 19.8 Å². The molecule has 4 heteroatoms. The maximum Gasteiger partial charge on any atom is 0.384 e. The molecule has 4 nitrogen and oxygen atoms in total. The summed E-state index contributed by atoms with van der Waals surface area (Å²) in [5, 5.41) is 0. The second-order valence-corrected chi connectivity index (χ2v) is 4.04. The summed E-state index contributed by atoms with van der Waals surface area (Å²) in [6.45, 7) is 2.77. The van der Waals surface area contributed by atoms with E-state index in [1.54, 1.807) is 6.92 Å². The molecular formula is C15H16O4. The third-order valence-electron chi connectivity index (χ3n) is 2.63. The van der Waals surface area contributed by atoms with Crippen LogP contribution < -0.4 is 0 Å². The fourth-order valence-corrected chi connectivity index (χ4v) is 1.71. The van der Waals surface area contributed by atoms with Crippen LogP contribution in [0.15, 0.2) is 30.3 Å². The van der Waals surface area contributed by atoms with Gasteiger partial charge in [0.05, 0.1) is 13.2 Å². The molecule has 2 rings (SSSR count). The second-order valence-electron chi connectivity index (χ2n) is 4.04. The Kier molecular flexibility index (Phi) is 4.96. The van der Waals surface area contributed by atoms with Crippen molar-refractivity contribution in [1.29, 1.82) is 0 Å². The Balaban J connectivity index is 1.62. The highest BCUT2D eigenvalue weighted by Crippen LogP contribution is 2.38. The zero-order valence-corrected chi connectivity index (χ0v) is 10.8. The first-order valence-corrected chi connectivity index (χ1v) is 6.25. The fraction of sp³-hybridized carbons (Fsp3) is 0.400. The van der Waals surface area contributed by atoms with Crippen molar-refractivity contribution in [3.8, 4) is 11.8 Å². The van der Waals surface area contributed by atoms with Gasteiger partial charge >= 0.3 is 5.97 Å². The van der Waals surface area contributed by atoms with E-state index in [2.05, 4.69) is 16.6 Å². The minimum atomic E-state index is -0.518. The lowest BCUT2D eigenvalue weighted by Gasteiger charge is -1.96. The molecule has 0 bridgehead atoms. The van der Waals surface area contributed by atoms with Gasteiger partial charge < -0.3 is 14.2 Å². The van der Waals surface area contributed by atoms with E-state index in [-0.39, 0.29) is 18.8 Å². The highest BCUT2D eigenvalue weighted by molar-refractivity contribution is 5.88. The van der Waals surface area contributed by atoms with Gasteiger partial charge in [0.2, 0.25) is 0 Å². The van der Waals surface area contributed by atoms with Gasteiger partial charge in [0.15, 0.2) is 0 Å². The van der Waals surface area contributed by atoms with Crippen molar-refractivity contribution in [1.82, 2.24) is 0 Å². The molecule has 1 aromatic carbocycles. The van der Waals surface area contributed by atoms with Crippen LogP contribution in [0.2, 0.25) is 0 Å². The predicted octanol–water partition coefficient (Wildman–Crippen LogP) is 1.71. The monoisotopic (exact) mass is 260 g/mol. The summed E-state index contributed by atoms with van der Waals surface area (Å²) in [5.41, 5.74) is 1.16. The number of carbonyl (C=O) groups is 1. The van der Waals surface area contributed by atoms with Gasteiger partial charge in [-0.2, -0.15) is 0 Å². The van der Waals surface area contributed by atoms with Crippen LogP contribution in [-0.4, -0.2) is 31.9 Å². The van der Waals surface area contributed by atoms with Crippen molar-refractivity contribution in [3.63, 3.8) is 0 Å². The van der Waals surface area contributed by atoms with Crippen LogP contribution in [0.4, 0.5) is 0 Å². The number of hydrogen-bond donors (Lipinski definition) is 0. The van der Waals surface area contributed by atoms with E-state index in [0.717, 1.165) is 5.56 Å². The fourth-order valence-electron chi connectivity index (χ4n) is 1.71. The predicted molar refractivity (Wildman–Crippen MR) is 69.3 cm³/mol. The van der Waals surface area contributed by atoms with Crippen LogP contribution >= 0.6 is 0 Å². The number of esters is 1. The molecule has 0 spiro atoms. The largest absolute Gasteiger partial charge is 0.456 e. The van der Waals surface area contributed by atoms with E-state index >= 15 is 0 Å². The molecule has 1 aliphatic heterocycles. The molecule has 100 valence electrons. The van der Waals surface area contributed by atoms with Crippen LogP contribution in [0.1, 0.15) is 18.6 Å². The lowest BCUT2D eigenvalue weighted by Crippen LogP contribution is -2.04. The first-order chi connectivity index (χ1) is 9.31. The second kappa shape index (κ2) is 6.93. The van der Waals surface area contributed by atoms with Crippen molar-refractivity contribution in [2.24, 2.45) is 0 Å². The van der Waals surface area contributed by atoms with Gasteiger partial charge in [-0.15, -0.1) is 0 Å². The molecule has 0 unspecified atom stereocenters. The third-order valence-corrected chi connectivity index (χ3v) is 2.63. The molecule has 2 atom stereocenters. The zero-order chi connectivity index (χ0) is 13.5. The van der Waals surface area contributed by atoms with Crippen LogP contribution in [0.25, 0.3) is 0 Å². The molecule has 0 saturated carbocycles. The molecule has 0 radical (unpaired) electrons. The van der Waals surface area contributed by atoms with E-state index in [9.17, 15) is 4.79 Å². The smallest absolute Gasteiger partial charge is 0.384 e. The Hall–Kier alpha value is -1.83. The lowest BCUT2D eigenvalue weighted by molar-refractivity contribution is -0.136. The standard InChI is InChI=1S/C15H16O4/c1-2-18-14(16)9-6-10-17-11-13-15(19-13)12-7-4-3-5-8-12/h3-5,7-8,13,15H,2,10-11H2,1H3/t13-,15-/m1/s1. The number of ether oxygens (including phenoxy) is 3. The van der Waals surface area contributed by atoms with Gasteiger partial charge in [-0.3, -0.25) is 0 Å². The average Bonchev–Trinajstić information content (AvgIpc) is 3.19. The number of rotatable bonds is 5. The number of benzene rings is 1. The maximum atomic E-state index is 10.9. The average molecular weight is 260 g/mol. The minimum absolute atomic E-state index is 0.0896. The molecule has 1 aliphatic rings. The van der Waals surface area contributed by atoms with Gasteiger partial charge in [0, 0.05) is 5.92 Å². The Labute approximate surface area is 112 Å². The Morgan fingerprint density at radius 3 is 2.89 bits per heavy atom. The van der Waals surface area contributed by atoms with Crippen LogP contribution in [0.3, 0.4) is 0 Å². The van der Waals surface area contributed by atoms with Crippen molar-refractivity contribution in [3.05, 3.63) is 35.9 Å². The summed E-state index contributed by atoms with van der Waals surface area (Å²) in [6, 6.07) is 10.0. The summed E-state index contributed by atoms with van der Waals surface area (Å²) in [4.78, 5) is 10.9. The van der Waals surface area contributed by atoms with Gasteiger partial charge in [-0.05, 0) is 12.5 Å². The summed E-state index contributed by atoms with van der Waals surface area (Å²) >= 11 is 0. The minimum Gasteiger partial charge on any atom is -0.456 e. The van der Waals surface area contributed by atoms with Gasteiger partial charge in [0.25, 0.3) is 0 Å². The molecule has 0 N–H and O–H groups in total. The number of carbonyl (C=O) groups excluding carboxylic acids is 1. The highest BCUT2D eigenvalue weighted by atomic mass is 16.6. The number of hydrogen-bond acceptors (Lipinski definition) is 4. The molecule has 19 heavy (non-hydrogen) atoms. The van der Waals surface area contributed by atoms with Crippen LogP contribution in [0.5, 0.6) is 0 Å².